The van der Waals surface area contributed by atoms with E-state index in [0.717, 1.165) is 12.6 Å². The van der Waals surface area contributed by atoms with E-state index in [-0.39, 0.29) is 0 Å². The van der Waals surface area contributed by atoms with Crippen LogP contribution < -0.4 is 10.6 Å². The number of rotatable bonds is 3. The maximum absolute atomic E-state index is 3.62. The fourth-order valence-corrected chi connectivity index (χ4v) is 2.69. The van der Waals surface area contributed by atoms with E-state index >= 15 is 0 Å². The quantitative estimate of drug-likeness (QED) is 0.890. The third-order valence-corrected chi connectivity index (χ3v) is 3.91. The minimum Gasteiger partial charge on any atom is -0.381 e. The Bertz CT molecular complexity index is 388. The van der Waals surface area contributed by atoms with Gasteiger partial charge >= 0.3 is 0 Å². The molecular weight excluding hydrogens is 264 g/mol. The topological polar surface area (TPSA) is 24.1 Å². The average molecular weight is 281 g/mol. The van der Waals surface area contributed by atoms with Crippen LogP contribution >= 0.6 is 15.9 Å². The standard InChI is InChI=1S/C13H17BrN2/c14-10-2-6-13-9(7-10)1-3-12(16-13)8-15-11-4-5-11/h2,6-7,11-12,15-16H,1,3-5,8H2. The summed E-state index contributed by atoms with van der Waals surface area (Å²) in [5.74, 6) is 0. The van der Waals surface area contributed by atoms with Crippen LogP contribution in [0.1, 0.15) is 24.8 Å². The van der Waals surface area contributed by atoms with Gasteiger partial charge in [0.1, 0.15) is 0 Å². The normalized spacial score (nSPS) is 23.7. The van der Waals surface area contributed by atoms with Crippen molar-refractivity contribution in [2.75, 3.05) is 11.9 Å². The highest BCUT2D eigenvalue weighted by molar-refractivity contribution is 9.10. The van der Waals surface area contributed by atoms with E-state index in [4.69, 9.17) is 0 Å². The Morgan fingerprint density at radius 2 is 2.19 bits per heavy atom. The van der Waals surface area contributed by atoms with E-state index < -0.39 is 0 Å². The molecular formula is C13H17BrN2. The van der Waals surface area contributed by atoms with E-state index in [1.807, 2.05) is 0 Å². The summed E-state index contributed by atoms with van der Waals surface area (Å²) < 4.78 is 1.18. The molecule has 0 radical (unpaired) electrons. The Kier molecular flexibility index (Phi) is 2.90. The summed E-state index contributed by atoms with van der Waals surface area (Å²) >= 11 is 3.52. The highest BCUT2D eigenvalue weighted by Crippen LogP contribution is 2.28. The van der Waals surface area contributed by atoms with Crippen LogP contribution in [0.25, 0.3) is 0 Å². The highest BCUT2D eigenvalue weighted by Gasteiger charge is 2.23. The van der Waals surface area contributed by atoms with Crippen LogP contribution in [0.15, 0.2) is 22.7 Å². The lowest BCUT2D eigenvalue weighted by atomic mass is 9.98. The second-order valence-electron chi connectivity index (χ2n) is 4.86. The van der Waals surface area contributed by atoms with E-state index in [1.165, 1.54) is 41.4 Å². The van der Waals surface area contributed by atoms with Crippen molar-refractivity contribution in [3.05, 3.63) is 28.2 Å². The molecule has 3 rings (SSSR count). The minimum absolute atomic E-state index is 0.606. The molecule has 2 aliphatic rings. The van der Waals surface area contributed by atoms with Gasteiger partial charge in [0.15, 0.2) is 0 Å². The Morgan fingerprint density at radius 1 is 1.31 bits per heavy atom. The molecule has 1 saturated carbocycles. The van der Waals surface area contributed by atoms with Crippen LogP contribution in [0.4, 0.5) is 5.69 Å². The van der Waals surface area contributed by atoms with E-state index in [0.29, 0.717) is 6.04 Å². The number of hydrogen-bond donors (Lipinski definition) is 2. The summed E-state index contributed by atoms with van der Waals surface area (Å²) in [6, 6.07) is 7.94. The molecule has 0 amide bonds. The lowest BCUT2D eigenvalue weighted by Crippen LogP contribution is -2.36. The number of nitrogens with one attached hydrogen (secondary N) is 2. The van der Waals surface area contributed by atoms with Gasteiger partial charge in [0.2, 0.25) is 0 Å². The zero-order valence-electron chi connectivity index (χ0n) is 9.30. The first-order valence-electron chi connectivity index (χ1n) is 6.09. The molecule has 16 heavy (non-hydrogen) atoms. The number of hydrogen-bond acceptors (Lipinski definition) is 2. The Morgan fingerprint density at radius 3 is 3.00 bits per heavy atom. The first-order chi connectivity index (χ1) is 7.81. The third-order valence-electron chi connectivity index (χ3n) is 3.42. The van der Waals surface area contributed by atoms with Crippen molar-refractivity contribution >= 4 is 21.6 Å². The fraction of sp³-hybridized carbons (Fsp3) is 0.538. The summed E-state index contributed by atoms with van der Waals surface area (Å²) in [7, 11) is 0. The van der Waals surface area contributed by atoms with Gasteiger partial charge in [-0.3, -0.25) is 0 Å². The summed E-state index contributed by atoms with van der Waals surface area (Å²) in [6.45, 7) is 1.11. The van der Waals surface area contributed by atoms with Gasteiger partial charge in [0.05, 0.1) is 0 Å². The smallest absolute Gasteiger partial charge is 0.0389 e. The van der Waals surface area contributed by atoms with Gasteiger partial charge in [-0.15, -0.1) is 0 Å². The van der Waals surface area contributed by atoms with Gasteiger partial charge in [0.25, 0.3) is 0 Å². The first-order valence-corrected chi connectivity index (χ1v) is 6.89. The van der Waals surface area contributed by atoms with Gasteiger partial charge in [-0.05, 0) is 49.4 Å². The summed E-state index contributed by atoms with van der Waals surface area (Å²) in [4.78, 5) is 0. The van der Waals surface area contributed by atoms with E-state index in [1.54, 1.807) is 0 Å². The monoisotopic (exact) mass is 280 g/mol. The SMILES string of the molecule is Brc1ccc2c(c1)CCC(CNC1CC1)N2. The zero-order chi connectivity index (χ0) is 11.0. The molecule has 1 atom stereocenters. The van der Waals surface area contributed by atoms with Gasteiger partial charge in [0, 0.05) is 28.8 Å². The van der Waals surface area contributed by atoms with Crippen LogP contribution in [-0.2, 0) is 6.42 Å². The van der Waals surface area contributed by atoms with Crippen molar-refractivity contribution < 1.29 is 0 Å². The lowest BCUT2D eigenvalue weighted by molar-refractivity contribution is 0.557. The van der Waals surface area contributed by atoms with Crippen molar-refractivity contribution in [2.45, 2.75) is 37.8 Å². The van der Waals surface area contributed by atoms with Gasteiger partial charge in [-0.1, -0.05) is 15.9 Å². The van der Waals surface area contributed by atoms with Gasteiger partial charge in [-0.25, -0.2) is 0 Å². The van der Waals surface area contributed by atoms with Crippen molar-refractivity contribution in [1.82, 2.24) is 5.32 Å². The molecule has 0 bridgehead atoms. The van der Waals surface area contributed by atoms with Crippen LogP contribution in [0, 0.1) is 0 Å². The molecule has 2 nitrogen and oxygen atoms in total. The average Bonchev–Trinajstić information content (AvgIpc) is 3.10. The second-order valence-corrected chi connectivity index (χ2v) is 5.78. The maximum Gasteiger partial charge on any atom is 0.0389 e. The molecule has 2 N–H and O–H groups in total. The summed E-state index contributed by atoms with van der Waals surface area (Å²) in [5, 5.41) is 7.22. The van der Waals surface area contributed by atoms with Crippen molar-refractivity contribution in [2.24, 2.45) is 0 Å². The Balaban J connectivity index is 1.63. The maximum atomic E-state index is 3.62. The third kappa shape index (κ3) is 2.41. The molecule has 0 saturated heterocycles. The zero-order valence-corrected chi connectivity index (χ0v) is 10.9. The molecule has 0 aromatic heterocycles. The number of halogens is 1. The van der Waals surface area contributed by atoms with E-state index in [9.17, 15) is 0 Å². The Labute approximate surface area is 105 Å². The predicted molar refractivity (Wildman–Crippen MR) is 70.9 cm³/mol. The Hall–Kier alpha value is -0.540. The van der Waals surface area contributed by atoms with Gasteiger partial charge < -0.3 is 10.6 Å². The first kappa shape index (κ1) is 10.6. The number of fused-ring (bicyclic) bond motifs is 1. The fourth-order valence-electron chi connectivity index (χ4n) is 2.28. The molecule has 1 aromatic rings. The minimum atomic E-state index is 0.606. The molecule has 0 spiro atoms. The van der Waals surface area contributed by atoms with Crippen LogP contribution in [0.5, 0.6) is 0 Å². The van der Waals surface area contributed by atoms with Crippen molar-refractivity contribution in [3.63, 3.8) is 0 Å². The largest absolute Gasteiger partial charge is 0.381 e. The molecule has 86 valence electrons. The predicted octanol–water partition coefficient (Wildman–Crippen LogP) is 2.93. The molecule has 1 aliphatic carbocycles. The van der Waals surface area contributed by atoms with Gasteiger partial charge in [-0.2, -0.15) is 0 Å². The molecule has 1 fully saturated rings. The van der Waals surface area contributed by atoms with E-state index in [2.05, 4.69) is 44.8 Å². The van der Waals surface area contributed by atoms with Crippen LogP contribution in [0.3, 0.4) is 0 Å². The number of aryl methyl sites for hydroxylation is 1. The number of benzene rings is 1. The second kappa shape index (κ2) is 4.38. The molecule has 1 heterocycles. The van der Waals surface area contributed by atoms with Crippen LogP contribution in [-0.4, -0.2) is 18.6 Å². The highest BCUT2D eigenvalue weighted by atomic mass is 79.9. The summed E-state index contributed by atoms with van der Waals surface area (Å²) in [5.41, 5.74) is 2.76. The molecule has 1 unspecified atom stereocenters. The molecule has 3 heteroatoms. The van der Waals surface area contributed by atoms with Crippen molar-refractivity contribution in [3.8, 4) is 0 Å². The number of anilines is 1. The molecule has 1 aromatic carbocycles. The van der Waals surface area contributed by atoms with Crippen LogP contribution in [0.2, 0.25) is 0 Å². The summed E-state index contributed by atoms with van der Waals surface area (Å²) in [6.07, 6.45) is 5.18. The van der Waals surface area contributed by atoms with Crippen molar-refractivity contribution in [1.29, 1.82) is 0 Å². The molecule has 1 aliphatic heterocycles. The lowest BCUT2D eigenvalue weighted by Gasteiger charge is -2.27.